The zero-order valence-corrected chi connectivity index (χ0v) is 17.4. The lowest BCUT2D eigenvalue weighted by Crippen LogP contribution is -2.45. The number of rotatable bonds is 6. The summed E-state index contributed by atoms with van der Waals surface area (Å²) in [6.07, 6.45) is 3.49. The summed E-state index contributed by atoms with van der Waals surface area (Å²) in [5.74, 6) is 1.40. The van der Waals surface area contributed by atoms with Gasteiger partial charge in [0.25, 0.3) is 0 Å². The van der Waals surface area contributed by atoms with Gasteiger partial charge < -0.3 is 9.64 Å². The number of piperidine rings is 1. The molecule has 2 aromatic rings. The minimum Gasteiger partial charge on any atom is -0.454 e. The lowest BCUT2D eigenvalue weighted by molar-refractivity contribution is -0.166. The van der Waals surface area contributed by atoms with E-state index in [1.54, 1.807) is 0 Å². The van der Waals surface area contributed by atoms with Crippen LogP contribution in [0, 0.1) is 5.92 Å². The topological polar surface area (TPSA) is 29.5 Å². The molecule has 1 aliphatic carbocycles. The quantitative estimate of drug-likeness (QED) is 0.628. The van der Waals surface area contributed by atoms with Crippen molar-refractivity contribution in [3.63, 3.8) is 0 Å². The molecule has 2 unspecified atom stereocenters. The van der Waals surface area contributed by atoms with Crippen molar-refractivity contribution in [1.82, 2.24) is 4.90 Å². The highest BCUT2D eigenvalue weighted by molar-refractivity contribution is 5.85. The van der Waals surface area contributed by atoms with Crippen molar-refractivity contribution in [1.29, 1.82) is 0 Å². The molecule has 1 saturated carbocycles. The Bertz CT molecular complexity index is 757. The minimum absolute atomic E-state index is 0. The van der Waals surface area contributed by atoms with Gasteiger partial charge in [-0.3, -0.25) is 4.79 Å². The van der Waals surface area contributed by atoms with Crippen LogP contribution in [0.3, 0.4) is 0 Å². The van der Waals surface area contributed by atoms with Crippen molar-refractivity contribution in [2.45, 2.75) is 44.1 Å². The van der Waals surface area contributed by atoms with Crippen molar-refractivity contribution in [3.05, 3.63) is 71.8 Å². The summed E-state index contributed by atoms with van der Waals surface area (Å²) in [5.41, 5.74) is 2.17. The Kier molecular flexibility index (Phi) is 6.79. The number of halogens is 1. The standard InChI is InChI=1S/C24H29NO2.ClH/c1-2-23(26)27-24(21-11-7-4-8-12-21)13-15-25(16-14-24)18-20-17-22(20)19-9-5-3-6-10-19;/h3-12,20,22H,2,13-18H2,1H3;1H. The number of nitrogens with zero attached hydrogens (tertiary/aromatic N) is 1. The Balaban J connectivity index is 0.00000225. The minimum atomic E-state index is -0.451. The SMILES string of the molecule is CCC(=O)OC1(c2ccccc2)CCN(CC2CC2c2ccccc2)CC1.Cl. The van der Waals surface area contributed by atoms with Crippen LogP contribution >= 0.6 is 12.4 Å². The molecular formula is C24H30ClNO2. The van der Waals surface area contributed by atoms with Crippen molar-refractivity contribution in [2.24, 2.45) is 5.92 Å². The molecule has 2 aliphatic rings. The first-order valence-electron chi connectivity index (χ1n) is 10.2. The van der Waals surface area contributed by atoms with E-state index in [4.69, 9.17) is 4.74 Å². The largest absolute Gasteiger partial charge is 0.454 e. The second-order valence-corrected chi connectivity index (χ2v) is 8.00. The first-order valence-corrected chi connectivity index (χ1v) is 10.2. The third kappa shape index (κ3) is 4.59. The van der Waals surface area contributed by atoms with Crippen LogP contribution in [0.15, 0.2) is 60.7 Å². The predicted octanol–water partition coefficient (Wildman–Crippen LogP) is 5.16. The van der Waals surface area contributed by atoms with Crippen LogP contribution in [0.25, 0.3) is 0 Å². The Morgan fingerprint density at radius 3 is 2.25 bits per heavy atom. The van der Waals surface area contributed by atoms with E-state index in [-0.39, 0.29) is 18.4 Å². The van der Waals surface area contributed by atoms with Crippen molar-refractivity contribution in [2.75, 3.05) is 19.6 Å². The fourth-order valence-corrected chi connectivity index (χ4v) is 4.47. The summed E-state index contributed by atoms with van der Waals surface area (Å²) < 4.78 is 6.01. The third-order valence-corrected chi connectivity index (χ3v) is 6.20. The number of ether oxygens (including phenoxy) is 1. The van der Waals surface area contributed by atoms with Gasteiger partial charge in [0.15, 0.2) is 0 Å². The van der Waals surface area contributed by atoms with Crippen LogP contribution in [0.5, 0.6) is 0 Å². The number of esters is 1. The van der Waals surface area contributed by atoms with Gasteiger partial charge in [-0.1, -0.05) is 67.6 Å². The summed E-state index contributed by atoms with van der Waals surface area (Å²) >= 11 is 0. The summed E-state index contributed by atoms with van der Waals surface area (Å²) in [6, 6.07) is 21.2. The van der Waals surface area contributed by atoms with E-state index >= 15 is 0 Å². The molecule has 1 heterocycles. The number of benzene rings is 2. The number of likely N-dealkylation sites (tertiary alicyclic amines) is 1. The molecule has 0 radical (unpaired) electrons. The molecule has 1 aliphatic heterocycles. The average molecular weight is 400 g/mol. The molecule has 150 valence electrons. The lowest BCUT2D eigenvalue weighted by Gasteiger charge is -2.41. The van der Waals surface area contributed by atoms with Crippen LogP contribution in [-0.4, -0.2) is 30.5 Å². The Hall–Kier alpha value is -1.84. The zero-order chi connectivity index (χ0) is 18.7. The van der Waals surface area contributed by atoms with Crippen LogP contribution in [0.4, 0.5) is 0 Å². The van der Waals surface area contributed by atoms with Crippen LogP contribution in [-0.2, 0) is 15.1 Å². The molecule has 2 aromatic carbocycles. The summed E-state index contributed by atoms with van der Waals surface area (Å²) in [6.45, 7) is 5.01. The maximum absolute atomic E-state index is 12.1. The van der Waals surface area contributed by atoms with E-state index in [2.05, 4.69) is 47.4 Å². The molecule has 0 amide bonds. The molecule has 2 atom stereocenters. The lowest BCUT2D eigenvalue weighted by atomic mass is 9.84. The highest BCUT2D eigenvalue weighted by Gasteiger charge is 2.43. The Morgan fingerprint density at radius 2 is 1.64 bits per heavy atom. The molecule has 1 saturated heterocycles. The van der Waals surface area contributed by atoms with E-state index in [9.17, 15) is 4.79 Å². The smallest absolute Gasteiger partial charge is 0.306 e. The summed E-state index contributed by atoms with van der Waals surface area (Å²) in [7, 11) is 0. The first-order chi connectivity index (χ1) is 13.2. The van der Waals surface area contributed by atoms with E-state index in [1.165, 1.54) is 12.0 Å². The first kappa shape index (κ1) is 20.9. The predicted molar refractivity (Wildman–Crippen MR) is 115 cm³/mol. The second-order valence-electron chi connectivity index (χ2n) is 8.00. The maximum atomic E-state index is 12.1. The van der Waals surface area contributed by atoms with E-state index in [1.807, 2.05) is 25.1 Å². The third-order valence-electron chi connectivity index (χ3n) is 6.20. The zero-order valence-electron chi connectivity index (χ0n) is 16.5. The van der Waals surface area contributed by atoms with Gasteiger partial charge >= 0.3 is 5.97 Å². The maximum Gasteiger partial charge on any atom is 0.306 e. The van der Waals surface area contributed by atoms with Gasteiger partial charge in [0.1, 0.15) is 5.60 Å². The summed E-state index contributed by atoms with van der Waals surface area (Å²) in [5, 5.41) is 0. The fourth-order valence-electron chi connectivity index (χ4n) is 4.47. The molecule has 4 rings (SSSR count). The van der Waals surface area contributed by atoms with Crippen molar-refractivity contribution >= 4 is 18.4 Å². The van der Waals surface area contributed by atoms with Gasteiger partial charge in [0.2, 0.25) is 0 Å². The molecule has 0 aromatic heterocycles. The van der Waals surface area contributed by atoms with Crippen molar-refractivity contribution in [3.8, 4) is 0 Å². The number of hydrogen-bond donors (Lipinski definition) is 0. The van der Waals surface area contributed by atoms with Gasteiger partial charge in [-0.25, -0.2) is 0 Å². The average Bonchev–Trinajstić information content (AvgIpc) is 3.50. The molecule has 0 spiro atoms. The van der Waals surface area contributed by atoms with Gasteiger partial charge in [0, 0.05) is 38.9 Å². The molecule has 2 fully saturated rings. The van der Waals surface area contributed by atoms with Gasteiger partial charge in [-0.15, -0.1) is 12.4 Å². The highest BCUT2D eigenvalue weighted by atomic mass is 35.5. The summed E-state index contributed by atoms with van der Waals surface area (Å²) in [4.78, 5) is 14.7. The Labute approximate surface area is 174 Å². The number of carbonyl (C=O) groups excluding carboxylic acids is 1. The molecular weight excluding hydrogens is 370 g/mol. The van der Waals surface area contributed by atoms with Crippen molar-refractivity contribution < 1.29 is 9.53 Å². The number of hydrogen-bond acceptors (Lipinski definition) is 3. The molecule has 0 N–H and O–H groups in total. The van der Waals surface area contributed by atoms with Gasteiger partial charge in [-0.05, 0) is 29.4 Å². The fraction of sp³-hybridized carbons (Fsp3) is 0.458. The van der Waals surface area contributed by atoms with E-state index < -0.39 is 5.60 Å². The molecule has 3 nitrogen and oxygen atoms in total. The van der Waals surface area contributed by atoms with Crippen LogP contribution in [0.1, 0.15) is 49.7 Å². The molecule has 4 heteroatoms. The van der Waals surface area contributed by atoms with Gasteiger partial charge in [0.05, 0.1) is 0 Å². The van der Waals surface area contributed by atoms with E-state index in [0.717, 1.165) is 49.9 Å². The number of carbonyl (C=O) groups is 1. The van der Waals surface area contributed by atoms with Crippen LogP contribution < -0.4 is 0 Å². The molecule has 0 bridgehead atoms. The molecule has 28 heavy (non-hydrogen) atoms. The van der Waals surface area contributed by atoms with E-state index in [0.29, 0.717) is 6.42 Å². The second kappa shape index (κ2) is 9.11. The Morgan fingerprint density at radius 1 is 1.04 bits per heavy atom. The monoisotopic (exact) mass is 399 g/mol. The normalized spacial score (nSPS) is 23.5. The van der Waals surface area contributed by atoms with Crippen LogP contribution in [0.2, 0.25) is 0 Å². The van der Waals surface area contributed by atoms with Gasteiger partial charge in [-0.2, -0.15) is 0 Å². The highest BCUT2D eigenvalue weighted by Crippen LogP contribution is 2.48.